The Morgan fingerprint density at radius 1 is 0.485 bits per heavy atom. The fraction of sp³-hybridized carbons (Fsp3) is 0.632. The van der Waals surface area contributed by atoms with E-state index >= 15 is 0 Å². The van der Waals surface area contributed by atoms with Crippen molar-refractivity contribution in [2.75, 3.05) is 26.4 Å². The summed E-state index contributed by atoms with van der Waals surface area (Å²) in [6.07, 6.45) is 60.8. The molecule has 1 saturated heterocycles. The van der Waals surface area contributed by atoms with Crippen molar-refractivity contribution in [3.05, 3.63) is 122 Å². The van der Waals surface area contributed by atoms with Crippen molar-refractivity contribution in [1.29, 1.82) is 0 Å². The van der Waals surface area contributed by atoms with Crippen LogP contribution in [0.3, 0.4) is 0 Å². The average Bonchev–Trinajstić information content (AvgIpc) is 3.32. The van der Waals surface area contributed by atoms with Crippen LogP contribution in [0.5, 0.6) is 0 Å². The van der Waals surface area contributed by atoms with Crippen LogP contribution in [-0.4, -0.2) is 89.6 Å². The van der Waals surface area contributed by atoms with Crippen LogP contribution >= 0.6 is 0 Å². The van der Waals surface area contributed by atoms with Crippen LogP contribution in [0.15, 0.2) is 122 Å². The molecule has 0 aliphatic carbocycles. The molecule has 66 heavy (non-hydrogen) atoms. The van der Waals surface area contributed by atoms with Crippen LogP contribution in [-0.2, 0) is 23.7 Å². The quantitative estimate of drug-likeness (QED) is 0.0268. The van der Waals surface area contributed by atoms with Gasteiger partial charge in [0.15, 0.2) is 6.29 Å². The smallest absolute Gasteiger partial charge is 0.306 e. The van der Waals surface area contributed by atoms with Gasteiger partial charge < -0.3 is 39.4 Å². The van der Waals surface area contributed by atoms with Gasteiger partial charge in [0.25, 0.3) is 0 Å². The van der Waals surface area contributed by atoms with Crippen LogP contribution in [0.1, 0.15) is 168 Å². The zero-order valence-corrected chi connectivity index (χ0v) is 41.1. The highest BCUT2D eigenvalue weighted by molar-refractivity contribution is 5.69. The zero-order valence-electron chi connectivity index (χ0n) is 41.1. The summed E-state index contributed by atoms with van der Waals surface area (Å²) >= 11 is 0. The molecule has 1 fully saturated rings. The number of aliphatic hydroxyl groups is 4. The highest BCUT2D eigenvalue weighted by Crippen LogP contribution is 2.22. The Morgan fingerprint density at radius 2 is 0.879 bits per heavy atom. The van der Waals surface area contributed by atoms with E-state index in [-0.39, 0.29) is 19.2 Å². The lowest BCUT2D eigenvalue weighted by Crippen LogP contribution is -2.59. The molecular formula is C57H92O9. The van der Waals surface area contributed by atoms with Gasteiger partial charge in [-0.3, -0.25) is 4.79 Å². The molecule has 0 bridgehead atoms. The van der Waals surface area contributed by atoms with Crippen molar-refractivity contribution in [3.8, 4) is 0 Å². The molecule has 0 aromatic carbocycles. The lowest BCUT2D eigenvalue weighted by atomic mass is 9.99. The second-order valence-electron chi connectivity index (χ2n) is 16.8. The van der Waals surface area contributed by atoms with Gasteiger partial charge in [-0.1, -0.05) is 180 Å². The molecule has 6 unspecified atom stereocenters. The maximum Gasteiger partial charge on any atom is 0.306 e. The topological polar surface area (TPSA) is 135 Å². The monoisotopic (exact) mass is 921 g/mol. The molecule has 0 saturated carbocycles. The average molecular weight is 921 g/mol. The Kier molecular flexibility index (Phi) is 42.9. The van der Waals surface area contributed by atoms with Gasteiger partial charge in [-0.15, -0.1) is 0 Å². The van der Waals surface area contributed by atoms with Gasteiger partial charge >= 0.3 is 5.97 Å². The lowest BCUT2D eigenvalue weighted by molar-refractivity contribution is -0.305. The number of rotatable bonds is 42. The Hall–Kier alpha value is -3.41. The number of esters is 1. The van der Waals surface area contributed by atoms with E-state index in [1.807, 2.05) is 0 Å². The molecule has 1 aliphatic heterocycles. The van der Waals surface area contributed by atoms with Gasteiger partial charge in [-0.2, -0.15) is 0 Å². The van der Waals surface area contributed by atoms with Gasteiger partial charge in [0.1, 0.15) is 30.5 Å². The van der Waals surface area contributed by atoms with Crippen LogP contribution in [0.4, 0.5) is 0 Å². The molecule has 9 nitrogen and oxygen atoms in total. The third-order valence-corrected chi connectivity index (χ3v) is 10.9. The number of carbonyl (C=O) groups is 1. The van der Waals surface area contributed by atoms with E-state index in [1.54, 1.807) is 0 Å². The van der Waals surface area contributed by atoms with Crippen molar-refractivity contribution in [1.82, 2.24) is 0 Å². The molecule has 4 N–H and O–H groups in total. The third-order valence-electron chi connectivity index (χ3n) is 10.9. The molecule has 6 atom stereocenters. The van der Waals surface area contributed by atoms with Crippen molar-refractivity contribution >= 4 is 5.97 Å². The first kappa shape index (κ1) is 60.6. The van der Waals surface area contributed by atoms with Crippen molar-refractivity contribution in [2.24, 2.45) is 0 Å². The van der Waals surface area contributed by atoms with E-state index in [4.69, 9.17) is 18.9 Å². The molecule has 0 amide bonds. The van der Waals surface area contributed by atoms with E-state index in [0.717, 1.165) is 122 Å². The minimum atomic E-state index is -1.55. The second-order valence-corrected chi connectivity index (χ2v) is 16.8. The van der Waals surface area contributed by atoms with Crippen LogP contribution in [0.25, 0.3) is 0 Å². The Balaban J connectivity index is 2.27. The van der Waals surface area contributed by atoms with E-state index in [1.165, 1.54) is 25.7 Å². The molecule has 0 radical (unpaired) electrons. The highest BCUT2D eigenvalue weighted by Gasteiger charge is 2.44. The van der Waals surface area contributed by atoms with E-state index < -0.39 is 43.4 Å². The first-order chi connectivity index (χ1) is 32.4. The molecule has 0 aromatic heterocycles. The number of unbranched alkanes of at least 4 members (excludes halogenated alkanes) is 11. The summed E-state index contributed by atoms with van der Waals surface area (Å²) < 4.78 is 22.8. The molecule has 1 aliphatic rings. The SMILES string of the molecule is CC/C=C\C/C=C\C/C=C\C/C=C\C/C=C\C/C=C\CCCCCOCC(COC1OC(CO)C(O)C(O)C1O)OC(=O)CCCCCCCCCC/C=C\C/C=C\C/C=C\C/C=C\CC. The summed E-state index contributed by atoms with van der Waals surface area (Å²) in [6, 6.07) is 0. The van der Waals surface area contributed by atoms with Gasteiger partial charge in [-0.25, -0.2) is 0 Å². The van der Waals surface area contributed by atoms with E-state index in [0.29, 0.717) is 13.0 Å². The Labute approximate surface area is 401 Å². The summed E-state index contributed by atoms with van der Waals surface area (Å²) in [5, 5.41) is 40.3. The first-order valence-electron chi connectivity index (χ1n) is 25.6. The summed E-state index contributed by atoms with van der Waals surface area (Å²) in [5.74, 6) is -0.340. The number of carbonyl (C=O) groups excluding carboxylic acids is 1. The molecule has 1 rings (SSSR count). The summed E-state index contributed by atoms with van der Waals surface area (Å²) in [4.78, 5) is 12.8. The maximum atomic E-state index is 12.8. The van der Waals surface area contributed by atoms with Crippen LogP contribution in [0.2, 0.25) is 0 Å². The summed E-state index contributed by atoms with van der Waals surface area (Å²) in [7, 11) is 0. The zero-order chi connectivity index (χ0) is 47.8. The van der Waals surface area contributed by atoms with Gasteiger partial charge in [0, 0.05) is 13.0 Å². The molecule has 9 heteroatoms. The van der Waals surface area contributed by atoms with Crippen molar-refractivity contribution in [3.63, 3.8) is 0 Å². The normalized spacial score (nSPS) is 20.4. The molecule has 0 spiro atoms. The molecule has 1 heterocycles. The minimum absolute atomic E-state index is 0.110. The van der Waals surface area contributed by atoms with Gasteiger partial charge in [-0.05, 0) is 103 Å². The largest absolute Gasteiger partial charge is 0.457 e. The number of allylic oxidation sites excluding steroid dienone is 20. The van der Waals surface area contributed by atoms with Crippen molar-refractivity contribution in [2.45, 2.75) is 205 Å². The predicted octanol–water partition coefficient (Wildman–Crippen LogP) is 12.7. The molecular weight excluding hydrogens is 829 g/mol. The number of hydrogen-bond acceptors (Lipinski definition) is 9. The van der Waals surface area contributed by atoms with Crippen LogP contribution < -0.4 is 0 Å². The Morgan fingerprint density at radius 3 is 1.32 bits per heavy atom. The second kappa shape index (κ2) is 46.7. The fourth-order valence-electron chi connectivity index (χ4n) is 6.96. The summed E-state index contributed by atoms with van der Waals surface area (Å²) in [6.45, 7) is 4.22. The van der Waals surface area contributed by atoms with E-state index in [9.17, 15) is 25.2 Å². The number of aliphatic hydroxyl groups excluding tert-OH is 4. The predicted molar refractivity (Wildman–Crippen MR) is 274 cm³/mol. The van der Waals surface area contributed by atoms with E-state index in [2.05, 4.69) is 135 Å². The minimum Gasteiger partial charge on any atom is -0.457 e. The standard InChI is InChI=1S/C57H92O9/c1-3-5-7-9-11-13-15-17-19-21-23-25-27-29-31-33-35-37-39-41-43-45-47-63-49-51(50-64-57-56(62)55(61)54(60)52(48-58)66-57)65-53(59)46-44-42-40-38-36-34-32-30-28-26-24-22-20-18-16-14-12-10-8-6-4-2/h5-8,11-14,17-20,23-26,29,31,35,37,51-52,54-58,60-62H,3-4,9-10,15-16,21-22,27-28,30,32-34,36,38-50H2,1-2H3/b7-5-,8-6-,13-11-,14-12-,19-17-,20-18-,25-23-,26-24-,31-29-,37-35-. The van der Waals surface area contributed by atoms with Crippen molar-refractivity contribution < 1.29 is 44.2 Å². The maximum absolute atomic E-state index is 12.8. The highest BCUT2D eigenvalue weighted by atomic mass is 16.7. The third kappa shape index (κ3) is 36.7. The molecule has 0 aromatic rings. The van der Waals surface area contributed by atoms with Gasteiger partial charge in [0.05, 0.1) is 19.8 Å². The first-order valence-corrected chi connectivity index (χ1v) is 25.6. The fourth-order valence-corrected chi connectivity index (χ4v) is 6.96. The van der Waals surface area contributed by atoms with Gasteiger partial charge in [0.2, 0.25) is 0 Å². The Bertz CT molecular complexity index is 1420. The lowest BCUT2D eigenvalue weighted by Gasteiger charge is -2.39. The molecule has 374 valence electrons. The number of ether oxygens (including phenoxy) is 4. The number of hydrogen-bond donors (Lipinski definition) is 4. The van der Waals surface area contributed by atoms with Crippen LogP contribution in [0, 0.1) is 0 Å². The summed E-state index contributed by atoms with van der Waals surface area (Å²) in [5.41, 5.74) is 0.